The van der Waals surface area contributed by atoms with Gasteiger partial charge in [0, 0.05) is 45.1 Å². The minimum atomic E-state index is 0.997. The zero-order valence-corrected chi connectivity index (χ0v) is 21.0. The molecule has 3 nitrogen and oxygen atoms in total. The van der Waals surface area contributed by atoms with Gasteiger partial charge in [0.15, 0.2) is 0 Å². The van der Waals surface area contributed by atoms with Crippen LogP contribution in [-0.2, 0) is 0 Å². The van der Waals surface area contributed by atoms with Crippen molar-refractivity contribution in [1.29, 1.82) is 0 Å². The zero-order chi connectivity index (χ0) is 25.5. The lowest BCUT2D eigenvalue weighted by molar-refractivity contribution is 1.33. The largest absolute Gasteiger partial charge is 0.308 e. The SMILES string of the molecule is c1ccc(-c2c3ccccc3cc3c2c2cccc4c5c(-c6ccccn6)c6ccccc6cc5n3c24)nc1. The molecule has 0 spiro atoms. The van der Waals surface area contributed by atoms with Crippen molar-refractivity contribution in [2.45, 2.75) is 0 Å². The van der Waals surface area contributed by atoms with E-state index in [-0.39, 0.29) is 0 Å². The molecule has 9 aromatic rings. The molecule has 0 saturated carbocycles. The van der Waals surface area contributed by atoms with Gasteiger partial charge in [-0.25, -0.2) is 0 Å². The molecule has 0 bridgehead atoms. The smallest absolute Gasteiger partial charge is 0.0715 e. The first-order chi connectivity index (χ1) is 19.4. The maximum Gasteiger partial charge on any atom is 0.0715 e. The summed E-state index contributed by atoms with van der Waals surface area (Å²) in [4.78, 5) is 9.65. The van der Waals surface area contributed by atoms with Crippen LogP contribution in [0.1, 0.15) is 0 Å². The molecule has 180 valence electrons. The van der Waals surface area contributed by atoms with E-state index in [2.05, 4.69) is 108 Å². The van der Waals surface area contributed by atoms with Crippen molar-refractivity contribution in [3.8, 4) is 22.5 Å². The van der Waals surface area contributed by atoms with Gasteiger partial charge >= 0.3 is 0 Å². The average Bonchev–Trinajstić information content (AvgIpc) is 3.51. The Morgan fingerprint density at radius 3 is 1.38 bits per heavy atom. The van der Waals surface area contributed by atoms with E-state index in [0.717, 1.165) is 11.4 Å². The lowest BCUT2D eigenvalue weighted by Gasteiger charge is -2.12. The highest BCUT2D eigenvalue weighted by molar-refractivity contribution is 6.32. The molecule has 0 aliphatic carbocycles. The lowest BCUT2D eigenvalue weighted by Crippen LogP contribution is -1.90. The molecular weight excluding hydrogens is 474 g/mol. The van der Waals surface area contributed by atoms with Gasteiger partial charge in [-0.2, -0.15) is 0 Å². The Bertz CT molecular complexity index is 2200. The Hall–Kier alpha value is -5.28. The first-order valence-corrected chi connectivity index (χ1v) is 13.3. The molecule has 9 rings (SSSR count). The van der Waals surface area contributed by atoms with Gasteiger partial charge in [0.2, 0.25) is 0 Å². The number of para-hydroxylation sites is 1. The van der Waals surface area contributed by atoms with Crippen LogP contribution < -0.4 is 0 Å². The Balaban J connectivity index is 1.59. The molecule has 4 aromatic heterocycles. The second kappa shape index (κ2) is 7.62. The van der Waals surface area contributed by atoms with Crippen LogP contribution in [0.4, 0.5) is 0 Å². The van der Waals surface area contributed by atoms with E-state index in [4.69, 9.17) is 9.97 Å². The Kier molecular flexibility index (Phi) is 4.05. The van der Waals surface area contributed by atoms with Crippen molar-refractivity contribution in [3.63, 3.8) is 0 Å². The highest BCUT2D eigenvalue weighted by Crippen LogP contribution is 2.48. The molecule has 0 N–H and O–H groups in total. The van der Waals surface area contributed by atoms with E-state index in [0.29, 0.717) is 0 Å². The summed E-state index contributed by atoms with van der Waals surface area (Å²) in [6, 6.07) is 41.2. The first-order valence-electron chi connectivity index (χ1n) is 13.3. The molecule has 0 unspecified atom stereocenters. The number of hydrogen-bond donors (Lipinski definition) is 0. The van der Waals surface area contributed by atoms with E-state index in [1.54, 1.807) is 0 Å². The predicted molar refractivity (Wildman–Crippen MR) is 163 cm³/mol. The van der Waals surface area contributed by atoms with Crippen molar-refractivity contribution < 1.29 is 0 Å². The molecule has 4 heterocycles. The van der Waals surface area contributed by atoms with Gasteiger partial charge in [-0.3, -0.25) is 9.97 Å². The Morgan fingerprint density at radius 1 is 0.436 bits per heavy atom. The second-order valence-corrected chi connectivity index (χ2v) is 10.2. The molecule has 3 heteroatoms. The molecule has 0 fully saturated rings. The van der Waals surface area contributed by atoms with Crippen molar-refractivity contribution in [3.05, 3.63) is 128 Å². The highest BCUT2D eigenvalue weighted by Gasteiger charge is 2.24. The summed E-state index contributed by atoms with van der Waals surface area (Å²) in [5, 5.41) is 9.88. The number of pyridine rings is 2. The maximum absolute atomic E-state index is 4.83. The van der Waals surface area contributed by atoms with Gasteiger partial charge < -0.3 is 4.40 Å². The molecule has 0 amide bonds. The van der Waals surface area contributed by atoms with Crippen LogP contribution >= 0.6 is 0 Å². The molecule has 5 aromatic carbocycles. The summed E-state index contributed by atoms with van der Waals surface area (Å²) in [5.74, 6) is 0. The maximum atomic E-state index is 4.83. The van der Waals surface area contributed by atoms with Gasteiger partial charge in [0.1, 0.15) is 0 Å². The first kappa shape index (κ1) is 20.7. The molecule has 0 aliphatic rings. The van der Waals surface area contributed by atoms with Gasteiger partial charge in [-0.05, 0) is 57.9 Å². The molecule has 0 radical (unpaired) electrons. The fourth-order valence-corrected chi connectivity index (χ4v) is 6.68. The third-order valence-corrected chi connectivity index (χ3v) is 8.18. The van der Waals surface area contributed by atoms with Crippen molar-refractivity contribution in [2.75, 3.05) is 0 Å². The van der Waals surface area contributed by atoms with Gasteiger partial charge in [-0.1, -0.05) is 78.9 Å². The Morgan fingerprint density at radius 2 is 0.897 bits per heavy atom. The van der Waals surface area contributed by atoms with Crippen LogP contribution in [0.2, 0.25) is 0 Å². The quantitative estimate of drug-likeness (QED) is 0.239. The second-order valence-electron chi connectivity index (χ2n) is 10.2. The fraction of sp³-hybridized carbons (Fsp3) is 0. The normalized spacial score (nSPS) is 12.1. The number of hydrogen-bond acceptors (Lipinski definition) is 2. The third kappa shape index (κ3) is 2.71. The van der Waals surface area contributed by atoms with E-state index < -0.39 is 0 Å². The molecule has 39 heavy (non-hydrogen) atoms. The lowest BCUT2D eigenvalue weighted by atomic mass is 9.93. The summed E-state index contributed by atoms with van der Waals surface area (Å²) in [7, 11) is 0. The van der Waals surface area contributed by atoms with Gasteiger partial charge in [0.25, 0.3) is 0 Å². The van der Waals surface area contributed by atoms with Crippen molar-refractivity contribution in [2.24, 2.45) is 0 Å². The minimum Gasteiger partial charge on any atom is -0.308 e. The topological polar surface area (TPSA) is 30.2 Å². The van der Waals surface area contributed by atoms with Crippen LogP contribution in [-0.4, -0.2) is 14.4 Å². The minimum absolute atomic E-state index is 0.997. The zero-order valence-electron chi connectivity index (χ0n) is 21.0. The summed E-state index contributed by atoms with van der Waals surface area (Å²) in [5.41, 5.74) is 8.05. The third-order valence-electron chi connectivity index (χ3n) is 8.18. The highest BCUT2D eigenvalue weighted by atomic mass is 14.9. The summed E-state index contributed by atoms with van der Waals surface area (Å²) >= 11 is 0. The summed E-state index contributed by atoms with van der Waals surface area (Å²) in [6.45, 7) is 0. The fourth-order valence-electron chi connectivity index (χ4n) is 6.68. The van der Waals surface area contributed by atoms with Crippen LogP contribution in [0.3, 0.4) is 0 Å². The van der Waals surface area contributed by atoms with E-state index >= 15 is 0 Å². The van der Waals surface area contributed by atoms with Crippen molar-refractivity contribution >= 4 is 59.6 Å². The molecular formula is C36H21N3. The number of rotatable bonds is 2. The monoisotopic (exact) mass is 495 g/mol. The molecule has 0 saturated heterocycles. The average molecular weight is 496 g/mol. The molecule has 0 atom stereocenters. The number of nitrogens with zero attached hydrogens (tertiary/aromatic N) is 3. The van der Waals surface area contributed by atoms with Crippen LogP contribution in [0.15, 0.2) is 128 Å². The van der Waals surface area contributed by atoms with Crippen LogP contribution in [0.5, 0.6) is 0 Å². The number of fused-ring (bicyclic) bond motifs is 8. The predicted octanol–water partition coefficient (Wildman–Crippen LogP) is 9.27. The summed E-state index contributed by atoms with van der Waals surface area (Å²) < 4.78 is 2.48. The summed E-state index contributed by atoms with van der Waals surface area (Å²) in [6.07, 6.45) is 3.78. The van der Waals surface area contributed by atoms with Gasteiger partial charge in [-0.15, -0.1) is 0 Å². The number of benzene rings is 5. The number of aromatic nitrogens is 3. The van der Waals surface area contributed by atoms with Crippen LogP contribution in [0.25, 0.3) is 82.2 Å². The van der Waals surface area contributed by atoms with E-state index in [1.807, 2.05) is 24.5 Å². The molecule has 0 aliphatic heterocycles. The van der Waals surface area contributed by atoms with Crippen molar-refractivity contribution in [1.82, 2.24) is 14.4 Å². The van der Waals surface area contributed by atoms with E-state index in [1.165, 1.54) is 70.8 Å². The standard InChI is InChI=1S/C36H21N3/c1-3-12-24-22(10-1)20-30-34(32(24)28-16-5-7-18-37-28)26-14-9-15-27-35-31(39(30)36(26)27)21-23-11-2-4-13-25(23)33(35)29-17-6-8-19-38-29/h1-21H. The van der Waals surface area contributed by atoms with Gasteiger partial charge in [0.05, 0.1) is 27.9 Å². The van der Waals surface area contributed by atoms with E-state index in [9.17, 15) is 0 Å². The Labute approximate surface area is 223 Å². The van der Waals surface area contributed by atoms with Crippen LogP contribution in [0, 0.1) is 0 Å².